The Hall–Kier alpha value is -3.13. The fourth-order valence-corrected chi connectivity index (χ4v) is 4.52. The summed E-state index contributed by atoms with van der Waals surface area (Å²) in [6.07, 6.45) is 7.90. The lowest BCUT2D eigenvalue weighted by Crippen LogP contribution is -2.43. The number of rotatable bonds is 12. The van der Waals surface area contributed by atoms with Crippen LogP contribution in [0.4, 0.5) is 0 Å². The summed E-state index contributed by atoms with van der Waals surface area (Å²) in [6.45, 7) is 6.00. The van der Waals surface area contributed by atoms with Crippen LogP contribution in [0, 0.1) is 0 Å². The van der Waals surface area contributed by atoms with Crippen molar-refractivity contribution in [2.75, 3.05) is 68.3 Å². The Labute approximate surface area is 209 Å². The minimum absolute atomic E-state index is 0.168. The van der Waals surface area contributed by atoms with Crippen LogP contribution in [-0.2, 0) is 27.1 Å². The number of ether oxygens (including phenoxy) is 4. The van der Waals surface area contributed by atoms with Gasteiger partial charge in [0.05, 0.1) is 53.5 Å². The van der Waals surface area contributed by atoms with Gasteiger partial charge in [0, 0.05) is 31.9 Å². The molecule has 0 saturated carbocycles. The summed E-state index contributed by atoms with van der Waals surface area (Å²) in [4.78, 5) is 19.5. The fourth-order valence-electron chi connectivity index (χ4n) is 4.52. The second-order valence-electron chi connectivity index (χ2n) is 8.96. The summed E-state index contributed by atoms with van der Waals surface area (Å²) in [5.74, 6) is 2.44. The van der Waals surface area contributed by atoms with Crippen LogP contribution in [0.2, 0.25) is 0 Å². The predicted octanol–water partition coefficient (Wildman–Crippen LogP) is 3.19. The van der Waals surface area contributed by atoms with Crippen molar-refractivity contribution in [3.63, 3.8) is 0 Å². The highest BCUT2D eigenvalue weighted by atomic mass is 16.5. The van der Waals surface area contributed by atoms with Gasteiger partial charge in [-0.05, 0) is 67.8 Å². The van der Waals surface area contributed by atoms with E-state index in [1.807, 2.05) is 30.0 Å². The van der Waals surface area contributed by atoms with Crippen molar-refractivity contribution in [1.82, 2.24) is 14.7 Å². The predicted molar refractivity (Wildman–Crippen MR) is 136 cm³/mol. The van der Waals surface area contributed by atoms with E-state index in [1.165, 1.54) is 5.57 Å². The first kappa shape index (κ1) is 26.5. The monoisotopic (exact) mass is 485 g/mol. The van der Waals surface area contributed by atoms with Crippen molar-refractivity contribution in [1.29, 1.82) is 0 Å². The summed E-state index contributed by atoms with van der Waals surface area (Å²) in [6, 6.07) is 3.95. The summed E-state index contributed by atoms with van der Waals surface area (Å²) in [5.41, 5.74) is 4.56. The Morgan fingerprint density at radius 3 is 2.46 bits per heavy atom. The Balaban J connectivity index is 1.52. The van der Waals surface area contributed by atoms with Gasteiger partial charge in [-0.15, -0.1) is 0 Å². The molecule has 0 aliphatic carbocycles. The zero-order valence-corrected chi connectivity index (χ0v) is 21.9. The summed E-state index contributed by atoms with van der Waals surface area (Å²) < 4.78 is 21.3. The molecule has 0 N–H and O–H groups in total. The summed E-state index contributed by atoms with van der Waals surface area (Å²) in [5, 5.41) is 0. The summed E-state index contributed by atoms with van der Waals surface area (Å²) >= 11 is 0. The van der Waals surface area contributed by atoms with Gasteiger partial charge in [0.2, 0.25) is 5.91 Å². The van der Waals surface area contributed by atoms with Crippen molar-refractivity contribution in [3.8, 4) is 11.5 Å². The van der Waals surface area contributed by atoms with Crippen molar-refractivity contribution < 1.29 is 23.7 Å². The van der Waals surface area contributed by atoms with Crippen LogP contribution < -0.4 is 9.47 Å². The smallest absolute Gasteiger partial charge is 0.227 e. The van der Waals surface area contributed by atoms with Crippen molar-refractivity contribution >= 4 is 5.91 Å². The van der Waals surface area contributed by atoms with Crippen LogP contribution in [-0.4, -0.2) is 88.9 Å². The average molecular weight is 486 g/mol. The number of carbonyl (C=O) groups excluding carboxylic acids is 1. The average Bonchev–Trinajstić information content (AvgIpc) is 3.00. The lowest BCUT2D eigenvalue weighted by Gasteiger charge is -2.39. The maximum Gasteiger partial charge on any atom is 0.227 e. The zero-order chi connectivity index (χ0) is 25.4. The van der Waals surface area contributed by atoms with E-state index in [4.69, 9.17) is 18.9 Å². The minimum Gasteiger partial charge on any atom is -0.504 e. The first-order chi connectivity index (χ1) is 16.9. The topological polar surface area (TPSA) is 63.7 Å². The number of hydrogen-bond donors (Lipinski definition) is 0. The maximum absolute atomic E-state index is 12.9. The van der Waals surface area contributed by atoms with Gasteiger partial charge in [-0.2, -0.15) is 0 Å². The Morgan fingerprint density at radius 1 is 1.09 bits per heavy atom. The molecule has 0 saturated heterocycles. The molecular weight excluding hydrogens is 446 g/mol. The van der Waals surface area contributed by atoms with E-state index in [0.717, 1.165) is 68.3 Å². The van der Waals surface area contributed by atoms with Gasteiger partial charge in [-0.25, -0.2) is 0 Å². The van der Waals surface area contributed by atoms with Gasteiger partial charge in [0.25, 0.3) is 0 Å². The van der Waals surface area contributed by atoms with E-state index in [1.54, 1.807) is 34.7 Å². The number of fused-ring (bicyclic) bond motifs is 1. The van der Waals surface area contributed by atoms with Gasteiger partial charge < -0.3 is 28.7 Å². The first-order valence-electron chi connectivity index (χ1n) is 12.0. The molecule has 0 aromatic heterocycles. The highest BCUT2D eigenvalue weighted by Crippen LogP contribution is 2.32. The van der Waals surface area contributed by atoms with E-state index in [0.29, 0.717) is 17.9 Å². The first-order valence-corrected chi connectivity index (χ1v) is 12.0. The number of carbonyl (C=O) groups is 1. The third-order valence-electron chi connectivity index (χ3n) is 6.52. The molecule has 2 aliphatic rings. The Kier molecular flexibility index (Phi) is 9.48. The molecule has 2 heterocycles. The molecule has 0 bridgehead atoms. The van der Waals surface area contributed by atoms with Crippen LogP contribution in [0.25, 0.3) is 0 Å². The largest absolute Gasteiger partial charge is 0.504 e. The van der Waals surface area contributed by atoms with Crippen LogP contribution >= 0.6 is 0 Å². The molecule has 0 fully saturated rings. The number of allylic oxidation sites excluding steroid dienone is 2. The molecule has 35 heavy (non-hydrogen) atoms. The van der Waals surface area contributed by atoms with Crippen molar-refractivity contribution in [2.24, 2.45) is 0 Å². The molecular formula is C27H39N3O5. The lowest BCUT2D eigenvalue weighted by molar-refractivity contribution is -0.130. The summed E-state index contributed by atoms with van der Waals surface area (Å²) in [7, 11) is 8.71. The van der Waals surface area contributed by atoms with E-state index in [9.17, 15) is 4.79 Å². The van der Waals surface area contributed by atoms with E-state index < -0.39 is 0 Å². The van der Waals surface area contributed by atoms with Crippen molar-refractivity contribution in [2.45, 2.75) is 26.2 Å². The highest BCUT2D eigenvalue weighted by Gasteiger charge is 2.25. The second-order valence-corrected chi connectivity index (χ2v) is 8.96. The molecule has 8 heteroatoms. The molecule has 1 aromatic carbocycles. The molecule has 192 valence electrons. The number of amides is 1. The van der Waals surface area contributed by atoms with Gasteiger partial charge in [-0.3, -0.25) is 9.69 Å². The lowest BCUT2D eigenvalue weighted by atomic mass is 10.0. The maximum atomic E-state index is 12.9. The van der Waals surface area contributed by atoms with Crippen LogP contribution in [0.15, 0.2) is 47.6 Å². The van der Waals surface area contributed by atoms with Crippen LogP contribution in [0.5, 0.6) is 11.5 Å². The third-order valence-corrected chi connectivity index (χ3v) is 6.52. The quantitative estimate of drug-likeness (QED) is 0.422. The Bertz CT molecular complexity index is 985. The molecule has 1 aromatic rings. The molecule has 0 radical (unpaired) electrons. The number of nitrogens with zero attached hydrogens (tertiary/aromatic N) is 3. The normalized spacial score (nSPS) is 16.4. The number of methoxy groups -OCH3 is 4. The molecule has 3 rings (SSSR count). The molecule has 8 nitrogen and oxygen atoms in total. The molecule has 0 atom stereocenters. The van der Waals surface area contributed by atoms with E-state index in [-0.39, 0.29) is 5.91 Å². The van der Waals surface area contributed by atoms with E-state index in [2.05, 4.69) is 22.9 Å². The molecule has 1 amide bonds. The SMILES string of the molecule is CO/C=C/C1=C(/C=C(\C)OC)CN1CN(C)CCCN1CCc2cc(OC)c(OC)cc2CC1=O. The second kappa shape index (κ2) is 12.5. The van der Waals surface area contributed by atoms with Gasteiger partial charge in [0.1, 0.15) is 0 Å². The fraction of sp³-hybridized carbons (Fsp3) is 0.519. The van der Waals surface area contributed by atoms with Crippen LogP contribution in [0.3, 0.4) is 0 Å². The minimum atomic E-state index is 0.168. The standard InChI is InChI=1S/C27H39N3O5/c1-20(33-4)14-23-18-30(24(23)9-13-32-3)19-28(2)10-7-11-29-12-8-21-15-25(34-5)26(35-6)16-22(21)17-27(29)31/h9,13-16H,7-8,10-12,17-19H2,1-6H3/b13-9+,20-14+. The number of benzene rings is 1. The number of hydrogen-bond acceptors (Lipinski definition) is 7. The van der Waals surface area contributed by atoms with Gasteiger partial charge >= 0.3 is 0 Å². The zero-order valence-electron chi connectivity index (χ0n) is 21.9. The third kappa shape index (κ3) is 6.72. The van der Waals surface area contributed by atoms with Gasteiger partial charge in [0.15, 0.2) is 11.5 Å². The van der Waals surface area contributed by atoms with Crippen LogP contribution in [0.1, 0.15) is 24.5 Å². The molecule has 0 unspecified atom stereocenters. The van der Waals surface area contributed by atoms with Crippen molar-refractivity contribution in [3.05, 3.63) is 58.7 Å². The highest BCUT2D eigenvalue weighted by molar-refractivity contribution is 5.80. The van der Waals surface area contributed by atoms with Gasteiger partial charge in [-0.1, -0.05) is 0 Å². The molecule has 0 spiro atoms. The van der Waals surface area contributed by atoms with E-state index >= 15 is 0 Å². The molecule has 2 aliphatic heterocycles. The Morgan fingerprint density at radius 2 is 1.80 bits per heavy atom.